The van der Waals surface area contributed by atoms with Gasteiger partial charge in [-0.2, -0.15) is 0 Å². The van der Waals surface area contributed by atoms with E-state index in [1.807, 2.05) is 30.3 Å². The number of halogens is 1. The molecule has 0 fully saturated rings. The third-order valence-corrected chi connectivity index (χ3v) is 3.27. The Hall–Kier alpha value is -2.00. The molecule has 0 atom stereocenters. The van der Waals surface area contributed by atoms with Gasteiger partial charge < -0.3 is 10.2 Å². The van der Waals surface area contributed by atoms with Crippen LogP contribution in [-0.4, -0.2) is 24.9 Å². The van der Waals surface area contributed by atoms with Crippen molar-refractivity contribution in [3.05, 3.63) is 64.7 Å². The number of carbonyl (C=O) groups excluding carboxylic acids is 1. The van der Waals surface area contributed by atoms with Crippen LogP contribution in [0.2, 0.25) is 5.02 Å². The van der Waals surface area contributed by atoms with Gasteiger partial charge in [0.05, 0.1) is 10.7 Å². The Kier molecular flexibility index (Phi) is 4.64. The predicted molar refractivity (Wildman–Crippen MR) is 83.2 cm³/mol. The van der Waals surface area contributed by atoms with Gasteiger partial charge in [0.1, 0.15) is 0 Å². The molecule has 0 bridgehead atoms. The van der Waals surface area contributed by atoms with Crippen LogP contribution in [0.1, 0.15) is 15.9 Å². The Labute approximate surface area is 124 Å². The molecule has 1 N–H and O–H groups in total. The average molecular weight is 289 g/mol. The number of hydrogen-bond acceptors (Lipinski definition) is 2. The van der Waals surface area contributed by atoms with E-state index in [1.54, 1.807) is 37.2 Å². The number of nitrogens with one attached hydrogen (secondary N) is 1. The van der Waals surface area contributed by atoms with E-state index in [1.165, 1.54) is 0 Å². The minimum absolute atomic E-state index is 0.0376. The number of benzene rings is 2. The first-order valence-corrected chi connectivity index (χ1v) is 6.74. The first-order chi connectivity index (χ1) is 9.58. The van der Waals surface area contributed by atoms with Crippen molar-refractivity contribution in [2.45, 2.75) is 6.54 Å². The smallest absolute Gasteiger partial charge is 0.253 e. The van der Waals surface area contributed by atoms with Crippen LogP contribution in [0.4, 0.5) is 5.69 Å². The molecule has 3 nitrogen and oxygen atoms in total. The number of anilines is 1. The lowest BCUT2D eigenvalue weighted by Gasteiger charge is -2.13. The SMILES string of the molecule is CN(C)C(=O)c1ccc(Cl)c(NCc2ccccc2)c1. The van der Waals surface area contributed by atoms with Gasteiger partial charge in [-0.1, -0.05) is 41.9 Å². The molecule has 0 aliphatic carbocycles. The molecule has 0 spiro atoms. The maximum Gasteiger partial charge on any atom is 0.253 e. The molecule has 0 aliphatic heterocycles. The predicted octanol–water partition coefficient (Wildman–Crippen LogP) is 3.65. The summed E-state index contributed by atoms with van der Waals surface area (Å²) in [5.74, 6) is -0.0376. The summed E-state index contributed by atoms with van der Waals surface area (Å²) in [6, 6.07) is 15.3. The molecule has 0 aliphatic rings. The monoisotopic (exact) mass is 288 g/mol. The van der Waals surface area contributed by atoms with Gasteiger partial charge in [-0.25, -0.2) is 0 Å². The van der Waals surface area contributed by atoms with Gasteiger partial charge in [-0.05, 0) is 23.8 Å². The van der Waals surface area contributed by atoms with Crippen LogP contribution in [0.25, 0.3) is 0 Å². The lowest BCUT2D eigenvalue weighted by atomic mass is 10.1. The van der Waals surface area contributed by atoms with Crippen LogP contribution in [0.15, 0.2) is 48.5 Å². The van der Waals surface area contributed by atoms with Crippen molar-refractivity contribution < 1.29 is 4.79 Å². The Morgan fingerprint density at radius 1 is 1.15 bits per heavy atom. The van der Waals surface area contributed by atoms with Crippen LogP contribution >= 0.6 is 11.6 Å². The van der Waals surface area contributed by atoms with Crippen LogP contribution in [0.5, 0.6) is 0 Å². The summed E-state index contributed by atoms with van der Waals surface area (Å²) >= 11 is 6.16. The van der Waals surface area contributed by atoms with E-state index < -0.39 is 0 Å². The van der Waals surface area contributed by atoms with Gasteiger partial charge in [-0.3, -0.25) is 4.79 Å². The fraction of sp³-hybridized carbons (Fsp3) is 0.188. The van der Waals surface area contributed by atoms with Gasteiger partial charge in [0.25, 0.3) is 5.91 Å². The molecular formula is C16H17ClN2O. The standard InChI is InChI=1S/C16H17ClN2O/c1-19(2)16(20)13-8-9-14(17)15(10-13)18-11-12-6-4-3-5-7-12/h3-10,18H,11H2,1-2H3. The van der Waals surface area contributed by atoms with E-state index in [2.05, 4.69) is 5.32 Å². The summed E-state index contributed by atoms with van der Waals surface area (Å²) in [6.45, 7) is 0.667. The van der Waals surface area contributed by atoms with Gasteiger partial charge in [0.15, 0.2) is 0 Å². The molecule has 2 aromatic rings. The van der Waals surface area contributed by atoms with Gasteiger partial charge in [0, 0.05) is 26.2 Å². The zero-order valence-corrected chi connectivity index (χ0v) is 12.3. The first kappa shape index (κ1) is 14.4. The van der Waals surface area contributed by atoms with Crippen LogP contribution in [0.3, 0.4) is 0 Å². The summed E-state index contributed by atoms with van der Waals surface area (Å²) in [5, 5.41) is 3.87. The molecule has 1 amide bonds. The maximum atomic E-state index is 11.9. The van der Waals surface area contributed by atoms with Crippen molar-refractivity contribution in [2.75, 3.05) is 19.4 Å². The minimum atomic E-state index is -0.0376. The highest BCUT2D eigenvalue weighted by Crippen LogP contribution is 2.24. The third kappa shape index (κ3) is 3.52. The van der Waals surface area contributed by atoms with Crippen molar-refractivity contribution in [3.8, 4) is 0 Å². The second-order valence-electron chi connectivity index (χ2n) is 4.73. The second kappa shape index (κ2) is 6.44. The Morgan fingerprint density at radius 2 is 1.85 bits per heavy atom. The lowest BCUT2D eigenvalue weighted by molar-refractivity contribution is 0.0827. The molecule has 20 heavy (non-hydrogen) atoms. The van der Waals surface area contributed by atoms with Gasteiger partial charge in [0.2, 0.25) is 0 Å². The molecule has 0 unspecified atom stereocenters. The molecule has 0 radical (unpaired) electrons. The number of hydrogen-bond donors (Lipinski definition) is 1. The Morgan fingerprint density at radius 3 is 2.50 bits per heavy atom. The highest BCUT2D eigenvalue weighted by atomic mass is 35.5. The first-order valence-electron chi connectivity index (χ1n) is 6.37. The maximum absolute atomic E-state index is 11.9. The van der Waals surface area contributed by atoms with E-state index in [9.17, 15) is 4.79 Å². The minimum Gasteiger partial charge on any atom is -0.380 e. The highest BCUT2D eigenvalue weighted by molar-refractivity contribution is 6.33. The average Bonchev–Trinajstić information content (AvgIpc) is 2.46. The van der Waals surface area contributed by atoms with Gasteiger partial charge in [-0.15, -0.1) is 0 Å². The third-order valence-electron chi connectivity index (χ3n) is 2.95. The summed E-state index contributed by atoms with van der Waals surface area (Å²) in [7, 11) is 3.46. The molecule has 0 aromatic heterocycles. The van der Waals surface area contributed by atoms with Crippen molar-refractivity contribution in [1.29, 1.82) is 0 Å². The number of carbonyl (C=O) groups is 1. The van der Waals surface area contributed by atoms with Crippen molar-refractivity contribution in [2.24, 2.45) is 0 Å². The lowest BCUT2D eigenvalue weighted by Crippen LogP contribution is -2.21. The van der Waals surface area contributed by atoms with Crippen molar-refractivity contribution in [3.63, 3.8) is 0 Å². The summed E-state index contributed by atoms with van der Waals surface area (Å²) in [5.41, 5.74) is 2.55. The number of amides is 1. The second-order valence-corrected chi connectivity index (χ2v) is 5.14. The fourth-order valence-corrected chi connectivity index (χ4v) is 2.03. The summed E-state index contributed by atoms with van der Waals surface area (Å²) in [4.78, 5) is 13.5. The molecule has 4 heteroatoms. The molecule has 0 heterocycles. The van der Waals surface area contributed by atoms with E-state index in [0.717, 1.165) is 11.3 Å². The molecule has 0 saturated heterocycles. The topological polar surface area (TPSA) is 32.3 Å². The van der Waals surface area contributed by atoms with Crippen molar-refractivity contribution >= 4 is 23.2 Å². The molecule has 104 valence electrons. The normalized spacial score (nSPS) is 10.2. The zero-order valence-electron chi connectivity index (χ0n) is 11.6. The van der Waals surface area contributed by atoms with Crippen LogP contribution in [0, 0.1) is 0 Å². The van der Waals surface area contributed by atoms with E-state index >= 15 is 0 Å². The quantitative estimate of drug-likeness (QED) is 0.931. The highest BCUT2D eigenvalue weighted by Gasteiger charge is 2.10. The van der Waals surface area contributed by atoms with Crippen LogP contribution < -0.4 is 5.32 Å². The molecule has 2 aromatic carbocycles. The fourth-order valence-electron chi connectivity index (χ4n) is 1.85. The number of rotatable bonds is 4. The Balaban J connectivity index is 2.15. The van der Waals surface area contributed by atoms with E-state index in [4.69, 9.17) is 11.6 Å². The van der Waals surface area contributed by atoms with E-state index in [-0.39, 0.29) is 5.91 Å². The Bertz CT molecular complexity index is 597. The van der Waals surface area contributed by atoms with Gasteiger partial charge >= 0.3 is 0 Å². The summed E-state index contributed by atoms with van der Waals surface area (Å²) in [6.07, 6.45) is 0. The zero-order chi connectivity index (χ0) is 14.5. The van der Waals surface area contributed by atoms with E-state index in [0.29, 0.717) is 17.1 Å². The largest absolute Gasteiger partial charge is 0.380 e. The summed E-state index contributed by atoms with van der Waals surface area (Å²) < 4.78 is 0. The molecular weight excluding hydrogens is 272 g/mol. The van der Waals surface area contributed by atoms with Crippen molar-refractivity contribution in [1.82, 2.24) is 4.90 Å². The molecule has 2 rings (SSSR count). The number of nitrogens with zero attached hydrogens (tertiary/aromatic N) is 1. The van der Waals surface area contributed by atoms with Crippen LogP contribution in [-0.2, 0) is 6.54 Å². The molecule has 0 saturated carbocycles.